The first-order valence-corrected chi connectivity index (χ1v) is 7.71. The number of hydrogen-bond donors (Lipinski definition) is 0. The highest BCUT2D eigenvalue weighted by Gasteiger charge is 2.30. The zero-order chi connectivity index (χ0) is 13.2. The van der Waals surface area contributed by atoms with Crippen LogP contribution in [0.4, 0.5) is 5.82 Å². The number of benzene rings is 1. The predicted octanol–water partition coefficient (Wildman–Crippen LogP) is 3.61. The van der Waals surface area contributed by atoms with Crippen LogP contribution in [0, 0.1) is 0 Å². The van der Waals surface area contributed by atoms with E-state index in [1.165, 1.54) is 23.6 Å². The molecule has 0 atom stereocenters. The summed E-state index contributed by atoms with van der Waals surface area (Å²) in [5, 5.41) is 3.36. The molecule has 0 aliphatic heterocycles. The van der Waals surface area contributed by atoms with Crippen molar-refractivity contribution in [3.8, 4) is 5.75 Å². The summed E-state index contributed by atoms with van der Waals surface area (Å²) in [5.41, 5.74) is 0. The fourth-order valence-corrected chi connectivity index (χ4v) is 2.82. The van der Waals surface area contributed by atoms with E-state index in [-0.39, 0.29) is 0 Å². The van der Waals surface area contributed by atoms with Crippen molar-refractivity contribution in [1.29, 1.82) is 0 Å². The summed E-state index contributed by atoms with van der Waals surface area (Å²) < 4.78 is 5.29. The molecule has 19 heavy (non-hydrogen) atoms. The van der Waals surface area contributed by atoms with E-state index in [4.69, 9.17) is 4.74 Å². The molecule has 1 aliphatic rings. The number of pyridine rings is 1. The predicted molar refractivity (Wildman–Crippen MR) is 82.5 cm³/mol. The van der Waals surface area contributed by atoms with Crippen molar-refractivity contribution in [1.82, 2.24) is 4.98 Å². The van der Waals surface area contributed by atoms with E-state index < -0.39 is 0 Å². The summed E-state index contributed by atoms with van der Waals surface area (Å²) in [5.74, 6) is 1.99. The molecule has 0 spiro atoms. The third-order valence-electron chi connectivity index (χ3n) is 3.54. The number of anilines is 1. The minimum Gasteiger partial charge on any atom is -0.497 e. The number of aromatic nitrogens is 1. The van der Waals surface area contributed by atoms with Gasteiger partial charge < -0.3 is 9.64 Å². The molecule has 0 saturated heterocycles. The third-order valence-corrected chi connectivity index (χ3v) is 3.89. The van der Waals surface area contributed by atoms with E-state index in [0.29, 0.717) is 6.04 Å². The number of ether oxygens (including phenoxy) is 1. The van der Waals surface area contributed by atoms with Crippen LogP contribution in [0.1, 0.15) is 12.8 Å². The summed E-state index contributed by atoms with van der Waals surface area (Å²) in [7, 11) is 1.70. The fraction of sp³-hybridized carbons (Fsp3) is 0.400. The molecule has 0 N–H and O–H groups in total. The molecule has 1 saturated carbocycles. The Balaban J connectivity index is 2.06. The Morgan fingerprint density at radius 2 is 2.21 bits per heavy atom. The number of rotatable bonds is 5. The molecule has 4 heteroatoms. The van der Waals surface area contributed by atoms with Gasteiger partial charge in [0, 0.05) is 29.5 Å². The third kappa shape index (κ3) is 2.54. The van der Waals surface area contributed by atoms with Gasteiger partial charge in [0.25, 0.3) is 0 Å². The highest BCUT2D eigenvalue weighted by molar-refractivity contribution is 9.09. The number of hydrogen-bond acceptors (Lipinski definition) is 3. The van der Waals surface area contributed by atoms with Gasteiger partial charge in [-0.15, -0.1) is 0 Å². The minimum absolute atomic E-state index is 0.665. The summed E-state index contributed by atoms with van der Waals surface area (Å²) in [4.78, 5) is 7.03. The van der Waals surface area contributed by atoms with Crippen LogP contribution in [0.2, 0.25) is 0 Å². The van der Waals surface area contributed by atoms with Crippen LogP contribution in [-0.2, 0) is 0 Å². The Bertz CT molecular complexity index is 583. The number of methoxy groups -OCH3 is 1. The molecule has 2 aromatic rings. The van der Waals surface area contributed by atoms with Crippen LogP contribution in [0.3, 0.4) is 0 Å². The van der Waals surface area contributed by atoms with E-state index in [1.54, 1.807) is 7.11 Å². The summed E-state index contributed by atoms with van der Waals surface area (Å²) >= 11 is 3.54. The number of nitrogens with zero attached hydrogens (tertiary/aromatic N) is 2. The summed E-state index contributed by atoms with van der Waals surface area (Å²) in [6.07, 6.45) is 4.45. The Kier molecular flexibility index (Phi) is 3.60. The lowest BCUT2D eigenvalue weighted by atomic mass is 10.1. The van der Waals surface area contributed by atoms with Gasteiger partial charge in [0.1, 0.15) is 11.6 Å². The van der Waals surface area contributed by atoms with Crippen LogP contribution in [-0.4, -0.2) is 30.0 Å². The number of halogens is 1. The summed E-state index contributed by atoms with van der Waals surface area (Å²) in [6.45, 7) is 1.00. The first kappa shape index (κ1) is 12.7. The van der Waals surface area contributed by atoms with Gasteiger partial charge in [-0.3, -0.25) is 0 Å². The Morgan fingerprint density at radius 1 is 1.37 bits per heavy atom. The maximum Gasteiger partial charge on any atom is 0.136 e. The molecule has 0 amide bonds. The molecule has 1 heterocycles. The SMILES string of the molecule is COc1ccc2c(N(CCBr)C3CC3)nccc2c1. The molecule has 1 aromatic carbocycles. The molecule has 0 bridgehead atoms. The Morgan fingerprint density at radius 3 is 2.89 bits per heavy atom. The second-order valence-corrected chi connectivity index (χ2v) is 5.63. The second kappa shape index (κ2) is 5.37. The minimum atomic E-state index is 0.665. The molecular formula is C15H17BrN2O. The monoisotopic (exact) mass is 320 g/mol. The first-order valence-electron chi connectivity index (χ1n) is 6.59. The zero-order valence-corrected chi connectivity index (χ0v) is 12.6. The van der Waals surface area contributed by atoms with Crippen molar-refractivity contribution in [2.75, 3.05) is 23.9 Å². The average Bonchev–Trinajstić information content (AvgIpc) is 3.28. The summed E-state index contributed by atoms with van der Waals surface area (Å²) in [6, 6.07) is 8.89. The zero-order valence-electron chi connectivity index (χ0n) is 11.0. The van der Waals surface area contributed by atoms with E-state index in [0.717, 1.165) is 23.4 Å². The highest BCUT2D eigenvalue weighted by atomic mass is 79.9. The van der Waals surface area contributed by atoms with E-state index in [9.17, 15) is 0 Å². The lowest BCUT2D eigenvalue weighted by Gasteiger charge is -2.24. The van der Waals surface area contributed by atoms with E-state index in [2.05, 4.69) is 37.9 Å². The Hall–Kier alpha value is -1.29. The second-order valence-electron chi connectivity index (χ2n) is 4.84. The van der Waals surface area contributed by atoms with Crippen LogP contribution >= 0.6 is 15.9 Å². The van der Waals surface area contributed by atoms with E-state index >= 15 is 0 Å². The van der Waals surface area contributed by atoms with Crippen LogP contribution in [0.15, 0.2) is 30.5 Å². The van der Waals surface area contributed by atoms with Gasteiger partial charge in [-0.25, -0.2) is 4.98 Å². The Labute approximate surface area is 121 Å². The van der Waals surface area contributed by atoms with Gasteiger partial charge in [-0.2, -0.15) is 0 Å². The first-order chi connectivity index (χ1) is 9.33. The van der Waals surface area contributed by atoms with E-state index in [1.807, 2.05) is 18.3 Å². The molecule has 3 rings (SSSR count). The lowest BCUT2D eigenvalue weighted by Crippen LogP contribution is -2.28. The van der Waals surface area contributed by atoms with Gasteiger partial charge >= 0.3 is 0 Å². The maximum atomic E-state index is 5.29. The smallest absolute Gasteiger partial charge is 0.136 e. The van der Waals surface area contributed by atoms with Gasteiger partial charge in [-0.05, 0) is 42.5 Å². The van der Waals surface area contributed by atoms with Crippen molar-refractivity contribution < 1.29 is 4.74 Å². The van der Waals surface area contributed by atoms with Crippen LogP contribution in [0.25, 0.3) is 10.8 Å². The largest absolute Gasteiger partial charge is 0.497 e. The molecule has 1 aliphatic carbocycles. The molecule has 0 radical (unpaired) electrons. The van der Waals surface area contributed by atoms with Crippen LogP contribution in [0.5, 0.6) is 5.75 Å². The normalized spacial score (nSPS) is 14.6. The molecule has 3 nitrogen and oxygen atoms in total. The van der Waals surface area contributed by atoms with Gasteiger partial charge in [-0.1, -0.05) is 15.9 Å². The molecular weight excluding hydrogens is 304 g/mol. The van der Waals surface area contributed by atoms with Crippen molar-refractivity contribution in [2.24, 2.45) is 0 Å². The van der Waals surface area contributed by atoms with Gasteiger partial charge in [0.15, 0.2) is 0 Å². The maximum absolute atomic E-state index is 5.29. The van der Waals surface area contributed by atoms with Crippen molar-refractivity contribution in [2.45, 2.75) is 18.9 Å². The fourth-order valence-electron chi connectivity index (χ4n) is 2.43. The molecule has 1 aromatic heterocycles. The number of fused-ring (bicyclic) bond motifs is 1. The molecule has 1 fully saturated rings. The number of alkyl halides is 1. The topological polar surface area (TPSA) is 25.4 Å². The highest BCUT2D eigenvalue weighted by Crippen LogP contribution is 2.35. The van der Waals surface area contributed by atoms with Crippen LogP contribution < -0.4 is 9.64 Å². The van der Waals surface area contributed by atoms with Gasteiger partial charge in [0.2, 0.25) is 0 Å². The molecule has 0 unspecified atom stereocenters. The molecule has 100 valence electrons. The standard InChI is InChI=1S/C15H17BrN2O/c1-19-13-4-5-14-11(10-13)6-8-17-15(14)18(9-7-16)12-2-3-12/h4-6,8,10,12H,2-3,7,9H2,1H3. The quantitative estimate of drug-likeness (QED) is 0.787. The van der Waals surface area contributed by atoms with Crippen molar-refractivity contribution in [3.05, 3.63) is 30.5 Å². The lowest BCUT2D eigenvalue weighted by molar-refractivity contribution is 0.415. The van der Waals surface area contributed by atoms with Crippen molar-refractivity contribution in [3.63, 3.8) is 0 Å². The van der Waals surface area contributed by atoms with Crippen molar-refractivity contribution >= 4 is 32.5 Å². The average molecular weight is 321 g/mol. The van der Waals surface area contributed by atoms with Gasteiger partial charge in [0.05, 0.1) is 7.11 Å².